The van der Waals surface area contributed by atoms with E-state index >= 15 is 0 Å². The Balaban J connectivity index is 1.72. The molecule has 0 fully saturated rings. The van der Waals surface area contributed by atoms with E-state index < -0.39 is 17.7 Å². The van der Waals surface area contributed by atoms with Crippen LogP contribution in [0.25, 0.3) is 0 Å². The van der Waals surface area contributed by atoms with E-state index in [1.165, 1.54) is 5.56 Å². The van der Waals surface area contributed by atoms with Gasteiger partial charge in [-0.3, -0.25) is 5.43 Å². The number of hydrogen-bond donors (Lipinski definition) is 6. The number of hydrazone groups is 1. The van der Waals surface area contributed by atoms with Crippen molar-refractivity contribution in [2.75, 3.05) is 38.3 Å². The second-order valence-corrected chi connectivity index (χ2v) is 11.8. The van der Waals surface area contributed by atoms with Gasteiger partial charge in [-0.1, -0.05) is 0 Å². The van der Waals surface area contributed by atoms with Gasteiger partial charge in [0.25, 0.3) is 5.71 Å². The molecule has 13 heteroatoms. The van der Waals surface area contributed by atoms with Gasteiger partial charge in [-0.15, -0.1) is 0 Å². The number of rotatable bonds is 22. The van der Waals surface area contributed by atoms with Gasteiger partial charge in [-0.05, 0) is 0 Å². The van der Waals surface area contributed by atoms with Gasteiger partial charge in [0.15, 0.2) is 0 Å². The van der Waals surface area contributed by atoms with Crippen LogP contribution in [0.4, 0.5) is 5.69 Å². The first-order valence-corrected chi connectivity index (χ1v) is 16.2. The number of nitrogens with zero attached hydrogens (tertiary/aromatic N) is 1. The van der Waals surface area contributed by atoms with Crippen LogP contribution in [0.1, 0.15) is 50.2 Å². The van der Waals surface area contributed by atoms with Crippen molar-refractivity contribution in [3.05, 3.63) is 65.7 Å². The monoisotopic (exact) mass is 671 g/mol. The number of nitrogens with one attached hydrogen (secondary N) is 3. The summed E-state index contributed by atoms with van der Waals surface area (Å²) < 4.78 is 5.64. The maximum absolute atomic E-state index is 12.8. The number of ether oxygens (including phenoxy) is 1. The molecule has 2 amide bonds. The maximum atomic E-state index is 12.8. The Hall–Kier alpha value is -3.78. The molecule has 3 atom stereocenters. The standard InChI is InChI=1S/C17H22N3O6.C15H22NO2.Co/c1-11(2)15(21)18-8-10-26-9-7-12-3-5-13(6-4-12)19-20-14(16(22)23)17(24)25;1-2-13(14-7-4-3-5-8-14)9-6-10-15(18)16-11-12-17;/h3-6,11,19H,1,7-10H2,2H3,(H,18,21)(H,22,23)(H,24,25);3-5,7-8,10,13,17H,2,6,9,11-12H2,1H3,(H,16,18);. The molecular formula is C32H44CoN4O8. The van der Waals surface area contributed by atoms with Crippen LogP contribution in [-0.2, 0) is 45.0 Å². The van der Waals surface area contributed by atoms with E-state index in [-0.39, 0.29) is 35.7 Å². The Morgan fingerprint density at radius 1 is 0.889 bits per heavy atom. The number of hydrogen-bond acceptors (Lipinski definition) is 8. The number of aliphatic hydroxyl groups excluding tert-OH is 1. The number of aliphatic hydroxyl groups is 1. The van der Waals surface area contributed by atoms with E-state index in [9.17, 15) is 19.2 Å². The fourth-order valence-corrected chi connectivity index (χ4v) is 5.80. The van der Waals surface area contributed by atoms with Crippen molar-refractivity contribution in [3.63, 3.8) is 0 Å². The molecule has 249 valence electrons. The first kappa shape index (κ1) is 37.4. The number of carbonyl (C=O) groups excluding carboxylic acids is 2. The molecule has 6 N–H and O–H groups in total. The molecule has 0 saturated carbocycles. The Morgan fingerprint density at radius 2 is 1.56 bits per heavy atom. The summed E-state index contributed by atoms with van der Waals surface area (Å²) in [6.45, 7) is 5.18. The van der Waals surface area contributed by atoms with E-state index in [1.54, 1.807) is 24.3 Å². The van der Waals surface area contributed by atoms with Crippen LogP contribution < -0.4 is 16.1 Å². The topological polar surface area (TPSA) is 187 Å². The Labute approximate surface area is 270 Å². The normalized spacial score (nSPS) is 12.9. The van der Waals surface area contributed by atoms with E-state index in [4.69, 9.17) is 20.1 Å². The molecule has 0 radical (unpaired) electrons. The Bertz CT molecular complexity index is 1230. The van der Waals surface area contributed by atoms with Crippen molar-refractivity contribution < 1.29 is 53.9 Å². The third-order valence-electron chi connectivity index (χ3n) is 6.83. The van der Waals surface area contributed by atoms with E-state index in [0.29, 0.717) is 49.6 Å². The van der Waals surface area contributed by atoms with Gasteiger partial charge in [-0.2, -0.15) is 5.10 Å². The number of amides is 2. The molecular weight excluding hydrogens is 627 g/mol. The van der Waals surface area contributed by atoms with Crippen molar-refractivity contribution in [2.45, 2.75) is 55.7 Å². The Morgan fingerprint density at radius 3 is 2.18 bits per heavy atom. The van der Waals surface area contributed by atoms with Crippen molar-refractivity contribution in [1.29, 1.82) is 0 Å². The zero-order valence-corrected chi connectivity index (χ0v) is 26.7. The van der Waals surface area contributed by atoms with Crippen molar-refractivity contribution in [1.82, 2.24) is 10.6 Å². The minimum absolute atomic E-state index is 0.0992. The molecule has 0 aliphatic rings. The van der Waals surface area contributed by atoms with Crippen LogP contribution in [0.2, 0.25) is 10.2 Å². The Kier molecular flexibility index (Phi) is 17.5. The summed E-state index contributed by atoms with van der Waals surface area (Å²) in [6.07, 6.45) is 3.12. The molecule has 0 aromatic heterocycles. The predicted octanol–water partition coefficient (Wildman–Crippen LogP) is 3.31. The van der Waals surface area contributed by atoms with E-state index in [1.807, 2.05) is 25.1 Å². The van der Waals surface area contributed by atoms with Crippen LogP contribution in [0.15, 0.2) is 59.7 Å². The van der Waals surface area contributed by atoms with E-state index in [2.05, 4.69) is 40.2 Å². The fourth-order valence-electron chi connectivity index (χ4n) is 4.26. The number of carboxylic acids is 2. The van der Waals surface area contributed by atoms with Gasteiger partial charge in [0, 0.05) is 0 Å². The number of anilines is 1. The molecule has 0 aliphatic heterocycles. The van der Waals surface area contributed by atoms with Crippen LogP contribution in [0.5, 0.6) is 0 Å². The molecule has 2 rings (SSSR count). The van der Waals surface area contributed by atoms with E-state index in [0.717, 1.165) is 33.1 Å². The summed E-state index contributed by atoms with van der Waals surface area (Å²) in [7, 11) is 0. The number of aliphatic carboxylic acids is 2. The van der Waals surface area contributed by atoms with Crippen LogP contribution >= 0.6 is 0 Å². The summed E-state index contributed by atoms with van der Waals surface area (Å²) in [5.41, 5.74) is 4.04. The first-order chi connectivity index (χ1) is 21.7. The summed E-state index contributed by atoms with van der Waals surface area (Å²) >= 11 is 0.911. The molecule has 2 aromatic rings. The second-order valence-electron chi connectivity index (χ2n) is 10.3. The minimum atomic E-state index is -1.64. The first-order valence-electron chi connectivity index (χ1n) is 14.9. The molecule has 0 heterocycles. The van der Waals surface area contributed by atoms with Crippen LogP contribution in [-0.4, -0.2) is 77.7 Å². The van der Waals surface area contributed by atoms with Crippen LogP contribution in [0, 0.1) is 5.92 Å². The molecule has 0 saturated heterocycles. The average Bonchev–Trinajstić information content (AvgIpc) is 3.03. The second kappa shape index (κ2) is 21.0. The quantitative estimate of drug-likeness (QED) is 0.0473. The van der Waals surface area contributed by atoms with Gasteiger partial charge in [-0.25, -0.2) is 9.59 Å². The third-order valence-corrected chi connectivity index (χ3v) is 8.80. The van der Waals surface area contributed by atoms with Gasteiger partial charge in [0.2, 0.25) is 0 Å². The molecule has 0 spiro atoms. The summed E-state index contributed by atoms with van der Waals surface area (Å²) in [5.74, 6) is -3.42. The fraction of sp³-hybridized carbons (Fsp3) is 0.469. The van der Waals surface area contributed by atoms with Crippen molar-refractivity contribution in [2.24, 2.45) is 11.0 Å². The number of carbonyl (C=O) groups is 4. The molecule has 45 heavy (non-hydrogen) atoms. The van der Waals surface area contributed by atoms with Crippen molar-refractivity contribution >= 4 is 35.2 Å². The summed E-state index contributed by atoms with van der Waals surface area (Å²) in [4.78, 5) is 46.9. The average molecular weight is 672 g/mol. The molecule has 3 unspecified atom stereocenters. The zero-order chi connectivity index (χ0) is 33.0. The number of benzene rings is 2. The van der Waals surface area contributed by atoms with Gasteiger partial charge < -0.3 is 10.2 Å². The third kappa shape index (κ3) is 14.2. The van der Waals surface area contributed by atoms with Crippen molar-refractivity contribution in [3.8, 4) is 0 Å². The van der Waals surface area contributed by atoms with Gasteiger partial charge >= 0.3 is 229 Å². The molecule has 0 aliphatic carbocycles. The van der Waals surface area contributed by atoms with Crippen LogP contribution in [0.3, 0.4) is 0 Å². The zero-order valence-electron chi connectivity index (χ0n) is 25.7. The predicted molar refractivity (Wildman–Crippen MR) is 167 cm³/mol. The SMILES string of the molecule is CCC(CC[CH]([Co][CH2]C(C)C(=O)NCCOCCc1ccc(NN=C(C(=O)O)C(=O)O)cc1)C(=O)NCCO)c1ccccc1. The number of carboxylic acid groups (broad SMARTS) is 2. The molecule has 0 bridgehead atoms. The molecule has 2 aromatic carbocycles. The van der Waals surface area contributed by atoms with Gasteiger partial charge in [0.05, 0.1) is 5.69 Å². The molecule has 12 nitrogen and oxygen atoms in total. The summed E-state index contributed by atoms with van der Waals surface area (Å²) in [6, 6.07) is 17.1. The summed E-state index contributed by atoms with van der Waals surface area (Å²) in [5, 5.41) is 36.4. The van der Waals surface area contributed by atoms with Gasteiger partial charge in [0.1, 0.15) is 0 Å².